The number of aliphatic hydroxyl groups excluding tert-OH is 4. The molecule has 0 aliphatic heterocycles. The van der Waals surface area contributed by atoms with Crippen molar-refractivity contribution in [3.8, 4) is 0 Å². The Morgan fingerprint density at radius 3 is 2.35 bits per heavy atom. The molecule has 0 saturated heterocycles. The molecular formula is C29H50O8. The van der Waals surface area contributed by atoms with Crippen LogP contribution in [0.4, 0.5) is 0 Å². The minimum absolute atomic E-state index is 0.0239. The molecule has 1 saturated carbocycles. The average molecular weight is 527 g/mol. The summed E-state index contributed by atoms with van der Waals surface area (Å²) >= 11 is 0. The summed E-state index contributed by atoms with van der Waals surface area (Å²) in [5.41, 5.74) is 0. The van der Waals surface area contributed by atoms with Crippen LogP contribution >= 0.6 is 0 Å². The summed E-state index contributed by atoms with van der Waals surface area (Å²) in [6.07, 6.45) is 14.0. The van der Waals surface area contributed by atoms with Crippen LogP contribution in [-0.4, -0.2) is 70.0 Å². The molecule has 1 aliphatic rings. The number of carbonyl (C=O) groups excluding carboxylic acids is 2. The van der Waals surface area contributed by atoms with Crippen LogP contribution in [0.3, 0.4) is 0 Å². The first-order valence-corrected chi connectivity index (χ1v) is 14.2. The van der Waals surface area contributed by atoms with E-state index in [4.69, 9.17) is 9.47 Å². The van der Waals surface area contributed by atoms with Gasteiger partial charge in [-0.1, -0.05) is 83.1 Å². The quantitative estimate of drug-likeness (QED) is 0.106. The number of ether oxygens (including phenoxy) is 2. The van der Waals surface area contributed by atoms with Gasteiger partial charge in [-0.25, -0.2) is 0 Å². The first-order valence-electron chi connectivity index (χ1n) is 14.2. The average Bonchev–Trinajstić information content (AvgIpc) is 3.14. The molecule has 1 aliphatic carbocycles. The minimum Gasteiger partial charge on any atom is -0.462 e. The second-order valence-corrected chi connectivity index (χ2v) is 10.1. The third kappa shape index (κ3) is 14.7. The lowest BCUT2D eigenvalue weighted by atomic mass is 9.89. The molecule has 0 spiro atoms. The van der Waals surface area contributed by atoms with Crippen molar-refractivity contribution in [2.24, 2.45) is 11.8 Å². The van der Waals surface area contributed by atoms with E-state index in [0.29, 0.717) is 19.3 Å². The maximum Gasteiger partial charge on any atom is 0.310 e. The third-order valence-corrected chi connectivity index (χ3v) is 6.85. The monoisotopic (exact) mass is 526 g/mol. The molecule has 0 aromatic heterocycles. The fourth-order valence-corrected chi connectivity index (χ4v) is 4.58. The fourth-order valence-electron chi connectivity index (χ4n) is 4.58. The first kappa shape index (κ1) is 33.3. The Morgan fingerprint density at radius 2 is 1.65 bits per heavy atom. The second-order valence-electron chi connectivity index (χ2n) is 10.1. The van der Waals surface area contributed by atoms with Gasteiger partial charge in [0.25, 0.3) is 0 Å². The Labute approximate surface area is 222 Å². The number of rotatable bonds is 20. The zero-order valence-electron chi connectivity index (χ0n) is 22.8. The SMILES string of the molecule is CCCCCCCC(=O)OC[C@H](CO)OC(=O)C/C=C\C[C@H]1[C@@H](/C=C/[C@H](O)CCCCC)[C@H](O)C[C@@H]1O. The number of aliphatic hydroxyl groups is 4. The van der Waals surface area contributed by atoms with Crippen LogP contribution in [0.2, 0.25) is 0 Å². The molecule has 1 rings (SSSR count). The lowest BCUT2D eigenvalue weighted by Crippen LogP contribution is -2.28. The van der Waals surface area contributed by atoms with Crippen molar-refractivity contribution in [1.82, 2.24) is 0 Å². The van der Waals surface area contributed by atoms with Gasteiger partial charge in [0.2, 0.25) is 0 Å². The molecule has 0 heterocycles. The Balaban J connectivity index is 2.40. The number of carbonyl (C=O) groups is 2. The van der Waals surface area contributed by atoms with Gasteiger partial charge in [0.1, 0.15) is 6.61 Å². The van der Waals surface area contributed by atoms with Crippen LogP contribution < -0.4 is 0 Å². The molecular weight excluding hydrogens is 476 g/mol. The first-order chi connectivity index (χ1) is 17.8. The predicted octanol–water partition coefficient (Wildman–Crippen LogP) is 3.99. The molecule has 1 fully saturated rings. The number of esters is 2. The molecule has 6 atom stereocenters. The standard InChI is InChI=1S/C29H50O8/c1-3-5-7-8-10-15-28(34)36-21-23(20-30)37-29(35)16-12-11-14-24-25(27(33)19-26(24)32)18-17-22(31)13-9-6-4-2/h11-12,17-18,22-27,30-33H,3-10,13-16,19-21H2,1-2H3/b12-11-,18-17+/t22-,23+,24+,25-,26+,27-/m1/s1. The van der Waals surface area contributed by atoms with E-state index in [1.54, 1.807) is 18.2 Å². The van der Waals surface area contributed by atoms with Gasteiger partial charge < -0.3 is 29.9 Å². The van der Waals surface area contributed by atoms with Gasteiger partial charge in [-0.05, 0) is 25.2 Å². The van der Waals surface area contributed by atoms with E-state index >= 15 is 0 Å². The van der Waals surface area contributed by atoms with E-state index in [9.17, 15) is 30.0 Å². The summed E-state index contributed by atoms with van der Waals surface area (Å²) in [6, 6.07) is 0. The van der Waals surface area contributed by atoms with Crippen LogP contribution in [0.5, 0.6) is 0 Å². The van der Waals surface area contributed by atoms with E-state index in [1.807, 2.05) is 6.08 Å². The smallest absolute Gasteiger partial charge is 0.310 e. The van der Waals surface area contributed by atoms with Gasteiger partial charge in [-0.3, -0.25) is 9.59 Å². The topological polar surface area (TPSA) is 134 Å². The third-order valence-electron chi connectivity index (χ3n) is 6.85. The second kappa shape index (κ2) is 20.3. The van der Waals surface area contributed by atoms with Crippen molar-refractivity contribution in [3.05, 3.63) is 24.3 Å². The summed E-state index contributed by atoms with van der Waals surface area (Å²) in [5.74, 6) is -1.40. The predicted molar refractivity (Wildman–Crippen MR) is 143 cm³/mol. The molecule has 0 radical (unpaired) electrons. The Hall–Kier alpha value is -1.74. The number of allylic oxidation sites excluding steroid dienone is 1. The maximum absolute atomic E-state index is 12.1. The summed E-state index contributed by atoms with van der Waals surface area (Å²) in [7, 11) is 0. The van der Waals surface area contributed by atoms with Crippen LogP contribution in [-0.2, 0) is 19.1 Å². The molecule has 0 aromatic rings. The van der Waals surface area contributed by atoms with E-state index in [-0.39, 0.29) is 37.3 Å². The minimum atomic E-state index is -0.907. The van der Waals surface area contributed by atoms with Crippen LogP contribution in [0.15, 0.2) is 24.3 Å². The highest BCUT2D eigenvalue weighted by atomic mass is 16.6. The van der Waals surface area contributed by atoms with E-state index < -0.39 is 37.0 Å². The molecule has 0 unspecified atom stereocenters. The summed E-state index contributed by atoms with van der Waals surface area (Å²) in [4.78, 5) is 24.0. The van der Waals surface area contributed by atoms with Crippen molar-refractivity contribution in [2.75, 3.05) is 13.2 Å². The highest BCUT2D eigenvalue weighted by Crippen LogP contribution is 2.36. The van der Waals surface area contributed by atoms with Crippen molar-refractivity contribution in [2.45, 2.75) is 122 Å². The van der Waals surface area contributed by atoms with E-state index in [2.05, 4.69) is 13.8 Å². The van der Waals surface area contributed by atoms with Crippen molar-refractivity contribution in [1.29, 1.82) is 0 Å². The maximum atomic E-state index is 12.1. The molecule has 8 heteroatoms. The highest BCUT2D eigenvalue weighted by Gasteiger charge is 2.39. The lowest BCUT2D eigenvalue weighted by molar-refractivity contribution is -0.160. The number of hydrogen-bond donors (Lipinski definition) is 4. The van der Waals surface area contributed by atoms with Gasteiger partial charge in [-0.2, -0.15) is 0 Å². The fraction of sp³-hybridized carbons (Fsp3) is 0.793. The Kier molecular flexibility index (Phi) is 18.2. The molecule has 4 N–H and O–H groups in total. The molecule has 0 bridgehead atoms. The molecule has 0 amide bonds. The lowest BCUT2D eigenvalue weighted by Gasteiger charge is -2.19. The summed E-state index contributed by atoms with van der Waals surface area (Å²) < 4.78 is 10.3. The van der Waals surface area contributed by atoms with E-state index in [1.165, 1.54) is 0 Å². The van der Waals surface area contributed by atoms with Crippen molar-refractivity contribution >= 4 is 11.9 Å². The molecule has 214 valence electrons. The zero-order valence-corrected chi connectivity index (χ0v) is 22.8. The summed E-state index contributed by atoms with van der Waals surface area (Å²) in [6.45, 7) is 3.62. The Morgan fingerprint density at radius 1 is 0.946 bits per heavy atom. The van der Waals surface area contributed by atoms with Gasteiger partial charge >= 0.3 is 11.9 Å². The van der Waals surface area contributed by atoms with Crippen molar-refractivity contribution < 1.29 is 39.5 Å². The highest BCUT2D eigenvalue weighted by molar-refractivity contribution is 5.71. The molecule has 0 aromatic carbocycles. The van der Waals surface area contributed by atoms with Crippen LogP contribution in [0, 0.1) is 11.8 Å². The zero-order chi connectivity index (χ0) is 27.5. The van der Waals surface area contributed by atoms with Gasteiger partial charge in [0.05, 0.1) is 31.3 Å². The largest absolute Gasteiger partial charge is 0.462 e. The van der Waals surface area contributed by atoms with Crippen molar-refractivity contribution in [3.63, 3.8) is 0 Å². The molecule has 37 heavy (non-hydrogen) atoms. The van der Waals surface area contributed by atoms with E-state index in [0.717, 1.165) is 51.4 Å². The van der Waals surface area contributed by atoms with Gasteiger partial charge in [-0.15, -0.1) is 0 Å². The van der Waals surface area contributed by atoms with Gasteiger partial charge in [0, 0.05) is 18.8 Å². The molecule has 8 nitrogen and oxygen atoms in total. The summed E-state index contributed by atoms with van der Waals surface area (Å²) in [5, 5.41) is 40.3. The van der Waals surface area contributed by atoms with Gasteiger partial charge in [0.15, 0.2) is 6.10 Å². The number of unbranched alkanes of at least 4 members (excludes halogenated alkanes) is 6. The normalized spacial score (nSPS) is 23.5. The van der Waals surface area contributed by atoms with Crippen LogP contribution in [0.1, 0.15) is 97.3 Å². The Bertz CT molecular complexity index is 677. The van der Waals surface area contributed by atoms with Crippen LogP contribution in [0.25, 0.3) is 0 Å². The number of hydrogen-bond acceptors (Lipinski definition) is 8.